The summed E-state index contributed by atoms with van der Waals surface area (Å²) in [5.74, 6) is 0.831. The topological polar surface area (TPSA) is 65.5 Å². The van der Waals surface area contributed by atoms with E-state index in [2.05, 4.69) is 27.9 Å². The van der Waals surface area contributed by atoms with E-state index >= 15 is 0 Å². The number of carbonyl (C=O) groups excluding carboxylic acids is 1. The first-order valence-electron chi connectivity index (χ1n) is 8.97. The molecule has 3 N–H and O–H groups in total. The maximum Gasteiger partial charge on any atom is 0.251 e. The second kappa shape index (κ2) is 11.3. The maximum atomic E-state index is 11.9. The van der Waals surface area contributed by atoms with Crippen molar-refractivity contribution in [2.24, 2.45) is 10.4 Å². The molecule has 25 heavy (non-hydrogen) atoms. The molecule has 0 spiro atoms. The standard InChI is InChI=1S/C19H30N4O.HI/c1-3-19(11-7-12-19)15-23-18(20-2)22-14-8-13-21-17(24)16-9-5-4-6-10-16;/h4-6,9-10H,3,7-8,11-15H2,1-2H3,(H,21,24)(H2,20,22,23);1H. The second-order valence-electron chi connectivity index (χ2n) is 6.54. The Kier molecular flexibility index (Phi) is 9.85. The minimum Gasteiger partial charge on any atom is -0.356 e. The maximum absolute atomic E-state index is 11.9. The van der Waals surface area contributed by atoms with Gasteiger partial charge in [-0.3, -0.25) is 9.79 Å². The van der Waals surface area contributed by atoms with Crippen molar-refractivity contribution in [3.63, 3.8) is 0 Å². The minimum absolute atomic E-state index is 0. The number of nitrogens with one attached hydrogen (secondary N) is 3. The third-order valence-corrected chi connectivity index (χ3v) is 4.99. The van der Waals surface area contributed by atoms with E-state index in [4.69, 9.17) is 0 Å². The number of benzene rings is 1. The normalized spacial score (nSPS) is 15.5. The lowest BCUT2D eigenvalue weighted by molar-refractivity contribution is 0.0953. The number of guanidine groups is 1. The number of hydrogen-bond acceptors (Lipinski definition) is 2. The molecule has 1 amide bonds. The van der Waals surface area contributed by atoms with Crippen LogP contribution in [0, 0.1) is 5.41 Å². The molecule has 2 rings (SSSR count). The fourth-order valence-corrected chi connectivity index (χ4v) is 3.01. The molecule has 1 aromatic carbocycles. The Labute approximate surface area is 168 Å². The van der Waals surface area contributed by atoms with Crippen LogP contribution < -0.4 is 16.0 Å². The highest BCUT2D eigenvalue weighted by Crippen LogP contribution is 2.42. The Morgan fingerprint density at radius 1 is 1.12 bits per heavy atom. The van der Waals surface area contributed by atoms with Crippen molar-refractivity contribution in [3.05, 3.63) is 35.9 Å². The molecule has 0 heterocycles. The summed E-state index contributed by atoms with van der Waals surface area (Å²) in [7, 11) is 1.80. The molecule has 1 aliphatic carbocycles. The van der Waals surface area contributed by atoms with Crippen LogP contribution in [-0.2, 0) is 0 Å². The lowest BCUT2D eigenvalue weighted by atomic mass is 9.67. The Balaban J connectivity index is 0.00000312. The summed E-state index contributed by atoms with van der Waals surface area (Å²) in [6.07, 6.45) is 6.07. The summed E-state index contributed by atoms with van der Waals surface area (Å²) in [4.78, 5) is 16.2. The lowest BCUT2D eigenvalue weighted by Gasteiger charge is -2.41. The van der Waals surface area contributed by atoms with E-state index in [0.717, 1.165) is 25.5 Å². The van der Waals surface area contributed by atoms with Crippen molar-refractivity contribution in [2.45, 2.75) is 39.0 Å². The molecule has 0 radical (unpaired) electrons. The van der Waals surface area contributed by atoms with Crippen LogP contribution in [-0.4, -0.2) is 38.5 Å². The van der Waals surface area contributed by atoms with Gasteiger partial charge in [-0.1, -0.05) is 31.5 Å². The molecule has 1 aliphatic rings. The van der Waals surface area contributed by atoms with Gasteiger partial charge in [-0.15, -0.1) is 24.0 Å². The smallest absolute Gasteiger partial charge is 0.251 e. The Morgan fingerprint density at radius 2 is 1.80 bits per heavy atom. The van der Waals surface area contributed by atoms with Gasteiger partial charge in [0.15, 0.2) is 5.96 Å². The molecule has 140 valence electrons. The average Bonchev–Trinajstić information content (AvgIpc) is 2.59. The highest BCUT2D eigenvalue weighted by atomic mass is 127. The number of hydrogen-bond donors (Lipinski definition) is 3. The summed E-state index contributed by atoms with van der Waals surface area (Å²) >= 11 is 0. The molecule has 0 bridgehead atoms. The predicted molar refractivity (Wildman–Crippen MR) is 115 cm³/mol. The Hall–Kier alpha value is -1.31. The number of amides is 1. The summed E-state index contributed by atoms with van der Waals surface area (Å²) in [6.45, 7) is 4.70. The van der Waals surface area contributed by atoms with Gasteiger partial charge >= 0.3 is 0 Å². The first-order valence-corrected chi connectivity index (χ1v) is 8.97. The van der Waals surface area contributed by atoms with Crippen LogP contribution in [0.5, 0.6) is 0 Å². The van der Waals surface area contributed by atoms with E-state index in [1.807, 2.05) is 30.3 Å². The molecule has 0 atom stereocenters. The molecule has 6 heteroatoms. The highest BCUT2D eigenvalue weighted by Gasteiger charge is 2.34. The first kappa shape index (κ1) is 21.7. The molecule has 0 saturated heterocycles. The Bertz CT molecular complexity index is 538. The fraction of sp³-hybridized carbons (Fsp3) is 0.579. The predicted octanol–water partition coefficient (Wildman–Crippen LogP) is 3.17. The third kappa shape index (κ3) is 6.84. The molecular formula is C19H31IN4O. The molecule has 0 unspecified atom stereocenters. The number of nitrogens with zero attached hydrogens (tertiary/aromatic N) is 1. The van der Waals surface area contributed by atoms with Crippen LogP contribution >= 0.6 is 24.0 Å². The molecular weight excluding hydrogens is 427 g/mol. The largest absolute Gasteiger partial charge is 0.356 e. The lowest BCUT2D eigenvalue weighted by Crippen LogP contribution is -2.46. The number of rotatable bonds is 8. The van der Waals surface area contributed by atoms with Crippen molar-refractivity contribution in [3.8, 4) is 0 Å². The van der Waals surface area contributed by atoms with Crippen molar-refractivity contribution in [2.75, 3.05) is 26.7 Å². The minimum atomic E-state index is -0.0204. The van der Waals surface area contributed by atoms with Gasteiger partial charge in [-0.25, -0.2) is 0 Å². The van der Waals surface area contributed by atoms with Crippen molar-refractivity contribution in [1.82, 2.24) is 16.0 Å². The van der Waals surface area contributed by atoms with E-state index in [1.54, 1.807) is 7.05 Å². The van der Waals surface area contributed by atoms with Gasteiger partial charge < -0.3 is 16.0 Å². The molecule has 1 aromatic rings. The molecule has 1 saturated carbocycles. The number of halogens is 1. The van der Waals surface area contributed by atoms with Crippen molar-refractivity contribution >= 4 is 35.8 Å². The monoisotopic (exact) mass is 458 g/mol. The quantitative estimate of drug-likeness (QED) is 0.243. The molecule has 0 aliphatic heterocycles. The van der Waals surface area contributed by atoms with E-state index in [1.165, 1.54) is 25.7 Å². The molecule has 0 aromatic heterocycles. The van der Waals surface area contributed by atoms with Crippen LogP contribution in [0.4, 0.5) is 0 Å². The van der Waals surface area contributed by atoms with Crippen LogP contribution in [0.25, 0.3) is 0 Å². The highest BCUT2D eigenvalue weighted by molar-refractivity contribution is 14.0. The SMILES string of the molecule is CCC1(CNC(=NC)NCCCNC(=O)c2ccccc2)CCC1.I. The fourth-order valence-electron chi connectivity index (χ4n) is 3.01. The second-order valence-corrected chi connectivity index (χ2v) is 6.54. The van der Waals surface area contributed by atoms with Crippen LogP contribution in [0.15, 0.2) is 35.3 Å². The van der Waals surface area contributed by atoms with Crippen molar-refractivity contribution < 1.29 is 4.79 Å². The summed E-state index contributed by atoms with van der Waals surface area (Å²) in [6, 6.07) is 9.30. The van der Waals surface area contributed by atoms with E-state index in [9.17, 15) is 4.79 Å². The number of aliphatic imine (C=N–C) groups is 1. The van der Waals surface area contributed by atoms with Gasteiger partial charge in [0, 0.05) is 32.2 Å². The Morgan fingerprint density at radius 3 is 2.36 bits per heavy atom. The zero-order valence-corrected chi connectivity index (χ0v) is 17.6. The zero-order chi connectivity index (χ0) is 17.3. The van der Waals surface area contributed by atoms with Gasteiger partial charge in [0.05, 0.1) is 0 Å². The van der Waals surface area contributed by atoms with Gasteiger partial charge in [0.2, 0.25) is 0 Å². The van der Waals surface area contributed by atoms with Crippen LogP contribution in [0.2, 0.25) is 0 Å². The average molecular weight is 458 g/mol. The van der Waals surface area contributed by atoms with Crippen molar-refractivity contribution in [1.29, 1.82) is 0 Å². The first-order chi connectivity index (χ1) is 11.7. The summed E-state index contributed by atoms with van der Waals surface area (Å²) in [5.41, 5.74) is 1.18. The van der Waals surface area contributed by atoms with Gasteiger partial charge in [-0.05, 0) is 43.2 Å². The van der Waals surface area contributed by atoms with E-state index in [-0.39, 0.29) is 29.9 Å². The molecule has 5 nitrogen and oxygen atoms in total. The summed E-state index contributed by atoms with van der Waals surface area (Å²) in [5, 5.41) is 9.69. The van der Waals surface area contributed by atoms with E-state index < -0.39 is 0 Å². The van der Waals surface area contributed by atoms with Crippen LogP contribution in [0.1, 0.15) is 49.4 Å². The van der Waals surface area contributed by atoms with Gasteiger partial charge in [0.25, 0.3) is 5.91 Å². The van der Waals surface area contributed by atoms with E-state index in [0.29, 0.717) is 17.5 Å². The van der Waals surface area contributed by atoms with Gasteiger partial charge in [0.1, 0.15) is 0 Å². The van der Waals surface area contributed by atoms with Gasteiger partial charge in [-0.2, -0.15) is 0 Å². The zero-order valence-electron chi connectivity index (χ0n) is 15.3. The summed E-state index contributed by atoms with van der Waals surface area (Å²) < 4.78 is 0. The number of carbonyl (C=O) groups is 1. The molecule has 1 fully saturated rings. The van der Waals surface area contributed by atoms with Crippen LogP contribution in [0.3, 0.4) is 0 Å². The third-order valence-electron chi connectivity index (χ3n) is 4.99.